The number of amides is 1. The number of carbonyl (C=O) groups is 1. The summed E-state index contributed by atoms with van der Waals surface area (Å²) in [5.41, 5.74) is 0.589. The lowest BCUT2D eigenvalue weighted by Crippen LogP contribution is -2.40. The molecule has 0 aliphatic carbocycles. The fraction of sp³-hybridized carbons (Fsp3) is 0.312. The third kappa shape index (κ3) is 4.51. The van der Waals surface area contributed by atoms with E-state index in [1.807, 2.05) is 20.8 Å². The summed E-state index contributed by atoms with van der Waals surface area (Å²) in [4.78, 5) is 20.1. The first kappa shape index (κ1) is 15.9. The molecule has 1 amide bonds. The lowest BCUT2D eigenvalue weighted by molar-refractivity contribution is 0.0919. The smallest absolute Gasteiger partial charge is 0.254 e. The standard InChI is InChI=1S/C16H19FN4O/c1-16(2,3)21-14(22)12-9-19-15(20-10-12)18-8-11-6-4-5-7-13(11)17/h4-7,9-10H,8H2,1-3H3,(H,21,22)(H,18,19,20). The molecule has 2 N–H and O–H groups in total. The SMILES string of the molecule is CC(C)(C)NC(=O)c1cnc(NCc2ccccc2F)nc1. The second-order valence-electron chi connectivity index (χ2n) is 5.94. The Balaban J connectivity index is 1.98. The van der Waals surface area contributed by atoms with Crippen LogP contribution in [0.5, 0.6) is 0 Å². The van der Waals surface area contributed by atoms with Gasteiger partial charge in [0.1, 0.15) is 5.82 Å². The van der Waals surface area contributed by atoms with E-state index in [0.717, 1.165) is 0 Å². The van der Waals surface area contributed by atoms with Crippen LogP contribution in [0, 0.1) is 5.82 Å². The zero-order valence-corrected chi connectivity index (χ0v) is 12.9. The largest absolute Gasteiger partial charge is 0.350 e. The molecule has 0 saturated carbocycles. The fourth-order valence-corrected chi connectivity index (χ4v) is 1.77. The lowest BCUT2D eigenvalue weighted by Gasteiger charge is -2.20. The normalized spacial score (nSPS) is 11.1. The Morgan fingerprint density at radius 1 is 1.18 bits per heavy atom. The zero-order valence-electron chi connectivity index (χ0n) is 12.9. The Morgan fingerprint density at radius 2 is 1.82 bits per heavy atom. The minimum Gasteiger partial charge on any atom is -0.350 e. The molecule has 0 atom stereocenters. The van der Waals surface area contributed by atoms with Crippen LogP contribution in [-0.2, 0) is 6.54 Å². The van der Waals surface area contributed by atoms with Crippen LogP contribution >= 0.6 is 0 Å². The minimum atomic E-state index is -0.321. The van der Waals surface area contributed by atoms with E-state index in [1.54, 1.807) is 18.2 Å². The van der Waals surface area contributed by atoms with Gasteiger partial charge in [-0.15, -0.1) is 0 Å². The molecule has 116 valence electrons. The average Bonchev–Trinajstić information content (AvgIpc) is 2.45. The molecule has 1 heterocycles. The first-order valence-electron chi connectivity index (χ1n) is 6.97. The number of benzene rings is 1. The van der Waals surface area contributed by atoms with Crippen LogP contribution < -0.4 is 10.6 Å². The van der Waals surface area contributed by atoms with Crippen LogP contribution in [-0.4, -0.2) is 21.4 Å². The number of anilines is 1. The van der Waals surface area contributed by atoms with Crippen molar-refractivity contribution in [2.45, 2.75) is 32.9 Å². The highest BCUT2D eigenvalue weighted by Crippen LogP contribution is 2.09. The minimum absolute atomic E-state index is 0.229. The van der Waals surface area contributed by atoms with Crippen molar-refractivity contribution in [2.24, 2.45) is 0 Å². The van der Waals surface area contributed by atoms with Gasteiger partial charge in [0.05, 0.1) is 5.56 Å². The summed E-state index contributed by atoms with van der Waals surface area (Å²) < 4.78 is 13.5. The molecule has 0 aliphatic rings. The first-order valence-corrected chi connectivity index (χ1v) is 6.97. The van der Waals surface area contributed by atoms with Crippen molar-refractivity contribution in [3.05, 3.63) is 53.6 Å². The van der Waals surface area contributed by atoms with Crippen molar-refractivity contribution in [1.29, 1.82) is 0 Å². The molecule has 2 rings (SSSR count). The fourth-order valence-electron chi connectivity index (χ4n) is 1.77. The maximum Gasteiger partial charge on any atom is 0.254 e. The summed E-state index contributed by atoms with van der Waals surface area (Å²) in [7, 11) is 0. The molecular weight excluding hydrogens is 283 g/mol. The Kier molecular flexibility index (Phi) is 4.70. The van der Waals surface area contributed by atoms with E-state index < -0.39 is 0 Å². The van der Waals surface area contributed by atoms with E-state index in [2.05, 4.69) is 20.6 Å². The van der Waals surface area contributed by atoms with Gasteiger partial charge in [0, 0.05) is 30.0 Å². The van der Waals surface area contributed by atoms with Gasteiger partial charge in [-0.05, 0) is 26.8 Å². The van der Waals surface area contributed by atoms with Crippen molar-refractivity contribution in [2.75, 3.05) is 5.32 Å². The highest BCUT2D eigenvalue weighted by molar-refractivity contribution is 5.94. The summed E-state index contributed by atoms with van der Waals surface area (Å²) in [6.45, 7) is 5.97. The van der Waals surface area contributed by atoms with Crippen LogP contribution in [0.25, 0.3) is 0 Å². The second kappa shape index (κ2) is 6.51. The average molecular weight is 302 g/mol. The Hall–Kier alpha value is -2.50. The molecule has 6 heteroatoms. The molecule has 0 aliphatic heterocycles. The van der Waals surface area contributed by atoms with Crippen molar-refractivity contribution >= 4 is 11.9 Å². The number of halogens is 1. The molecular formula is C16H19FN4O. The van der Waals surface area contributed by atoms with Crippen LogP contribution in [0.15, 0.2) is 36.7 Å². The Bertz CT molecular complexity index is 650. The van der Waals surface area contributed by atoms with Gasteiger partial charge in [0.15, 0.2) is 0 Å². The van der Waals surface area contributed by atoms with Gasteiger partial charge in [-0.3, -0.25) is 4.79 Å². The van der Waals surface area contributed by atoms with E-state index in [-0.39, 0.29) is 23.8 Å². The van der Waals surface area contributed by atoms with Crippen LogP contribution in [0.3, 0.4) is 0 Å². The molecule has 0 saturated heterocycles. The van der Waals surface area contributed by atoms with E-state index in [4.69, 9.17) is 0 Å². The summed E-state index contributed by atoms with van der Waals surface area (Å²) >= 11 is 0. The maximum atomic E-state index is 13.5. The quantitative estimate of drug-likeness (QED) is 0.911. The van der Waals surface area contributed by atoms with Crippen molar-refractivity contribution in [1.82, 2.24) is 15.3 Å². The van der Waals surface area contributed by atoms with Crippen molar-refractivity contribution in [3.8, 4) is 0 Å². The lowest BCUT2D eigenvalue weighted by atomic mass is 10.1. The van der Waals surface area contributed by atoms with Gasteiger partial charge in [0.25, 0.3) is 5.91 Å². The van der Waals surface area contributed by atoms with Gasteiger partial charge in [-0.25, -0.2) is 14.4 Å². The molecule has 22 heavy (non-hydrogen) atoms. The number of nitrogens with one attached hydrogen (secondary N) is 2. The molecule has 1 aromatic heterocycles. The van der Waals surface area contributed by atoms with Gasteiger partial charge in [-0.2, -0.15) is 0 Å². The molecule has 0 fully saturated rings. The predicted molar refractivity (Wildman–Crippen MR) is 83.0 cm³/mol. The van der Waals surface area contributed by atoms with E-state index in [1.165, 1.54) is 18.5 Å². The Morgan fingerprint density at radius 3 is 2.41 bits per heavy atom. The second-order valence-corrected chi connectivity index (χ2v) is 5.94. The van der Waals surface area contributed by atoms with Crippen molar-refractivity contribution < 1.29 is 9.18 Å². The number of hydrogen-bond donors (Lipinski definition) is 2. The monoisotopic (exact) mass is 302 g/mol. The number of rotatable bonds is 4. The highest BCUT2D eigenvalue weighted by Gasteiger charge is 2.15. The number of aromatic nitrogens is 2. The first-order chi connectivity index (χ1) is 10.3. The molecule has 2 aromatic rings. The predicted octanol–water partition coefficient (Wildman–Crippen LogP) is 2.76. The van der Waals surface area contributed by atoms with Crippen LogP contribution in [0.2, 0.25) is 0 Å². The van der Waals surface area contributed by atoms with E-state index >= 15 is 0 Å². The molecule has 0 radical (unpaired) electrons. The van der Waals surface area contributed by atoms with Gasteiger partial charge in [0.2, 0.25) is 5.95 Å². The van der Waals surface area contributed by atoms with E-state index in [9.17, 15) is 9.18 Å². The highest BCUT2D eigenvalue weighted by atomic mass is 19.1. The zero-order chi connectivity index (χ0) is 16.2. The number of nitrogens with zero attached hydrogens (tertiary/aromatic N) is 2. The molecule has 0 bridgehead atoms. The maximum absolute atomic E-state index is 13.5. The van der Waals surface area contributed by atoms with E-state index in [0.29, 0.717) is 17.1 Å². The molecule has 1 aromatic carbocycles. The van der Waals surface area contributed by atoms with Gasteiger partial charge >= 0.3 is 0 Å². The third-order valence-corrected chi connectivity index (χ3v) is 2.80. The summed E-state index contributed by atoms with van der Waals surface area (Å²) in [6.07, 6.45) is 2.88. The topological polar surface area (TPSA) is 66.9 Å². The molecule has 5 nitrogen and oxygen atoms in total. The summed E-state index contributed by atoms with van der Waals surface area (Å²) in [5, 5.41) is 5.75. The van der Waals surface area contributed by atoms with Crippen LogP contribution in [0.1, 0.15) is 36.7 Å². The summed E-state index contributed by atoms with van der Waals surface area (Å²) in [6, 6.07) is 6.49. The Labute approximate surface area is 129 Å². The molecule has 0 spiro atoms. The van der Waals surface area contributed by atoms with Gasteiger partial charge < -0.3 is 10.6 Å². The van der Waals surface area contributed by atoms with Crippen LogP contribution in [0.4, 0.5) is 10.3 Å². The number of carbonyl (C=O) groups excluding carboxylic acids is 1. The van der Waals surface area contributed by atoms with Crippen molar-refractivity contribution in [3.63, 3.8) is 0 Å². The molecule has 0 unspecified atom stereocenters. The third-order valence-electron chi connectivity index (χ3n) is 2.80. The number of hydrogen-bond acceptors (Lipinski definition) is 4. The van der Waals surface area contributed by atoms with Gasteiger partial charge in [-0.1, -0.05) is 18.2 Å². The summed E-state index contributed by atoms with van der Waals surface area (Å²) in [5.74, 6) is -0.167.